The Morgan fingerprint density at radius 3 is 2.85 bits per heavy atom. The molecule has 0 fully saturated rings. The predicted octanol–water partition coefficient (Wildman–Crippen LogP) is 4.92. The Morgan fingerprint density at radius 1 is 1.37 bits per heavy atom. The molecule has 1 amide bonds. The first kappa shape index (κ1) is 20.1. The molecule has 5 nitrogen and oxygen atoms in total. The number of halogens is 1. The zero-order valence-corrected chi connectivity index (χ0v) is 18.5. The smallest absolute Gasteiger partial charge is 0.272 e. The van der Waals surface area contributed by atoms with Crippen molar-refractivity contribution in [2.24, 2.45) is 5.92 Å². The van der Waals surface area contributed by atoms with Gasteiger partial charge in [0.15, 0.2) is 5.16 Å². The molecule has 3 rings (SSSR count). The fourth-order valence-electron chi connectivity index (χ4n) is 2.61. The molecule has 1 N–H and O–H groups in total. The second kappa shape index (κ2) is 8.58. The molecule has 0 saturated heterocycles. The van der Waals surface area contributed by atoms with E-state index < -0.39 is 0 Å². The van der Waals surface area contributed by atoms with E-state index in [-0.39, 0.29) is 17.2 Å². The minimum Gasteiger partial charge on any atom is -0.325 e. The Morgan fingerprint density at radius 2 is 2.15 bits per heavy atom. The van der Waals surface area contributed by atoms with Crippen molar-refractivity contribution in [1.82, 2.24) is 9.55 Å². The fraction of sp³-hybridized carbons (Fsp3) is 0.316. The van der Waals surface area contributed by atoms with Gasteiger partial charge < -0.3 is 5.32 Å². The molecule has 0 unspecified atom stereocenters. The van der Waals surface area contributed by atoms with Crippen molar-refractivity contribution in [2.45, 2.75) is 32.5 Å². The number of carbonyl (C=O) groups is 1. The summed E-state index contributed by atoms with van der Waals surface area (Å²) in [6.45, 7) is 6.67. The number of nitrogens with one attached hydrogen (secondary N) is 1. The highest BCUT2D eigenvalue weighted by Crippen LogP contribution is 2.23. The standard InChI is InChI=1S/C19H20BrN3O2S2/c1-11(2)9-23-18(25)17-15(6-7-26-17)22-19(23)27-10-16(24)21-13-4-5-14(20)12(3)8-13/h4-8,11H,9-10H2,1-3H3,(H,21,24). The van der Waals surface area contributed by atoms with Crippen LogP contribution in [0.5, 0.6) is 0 Å². The first-order chi connectivity index (χ1) is 12.8. The normalized spacial score (nSPS) is 11.3. The van der Waals surface area contributed by atoms with Crippen LogP contribution in [0.2, 0.25) is 0 Å². The minimum atomic E-state index is -0.127. The van der Waals surface area contributed by atoms with Crippen LogP contribution < -0.4 is 10.9 Å². The van der Waals surface area contributed by atoms with Gasteiger partial charge in [-0.25, -0.2) is 4.98 Å². The Balaban J connectivity index is 1.78. The van der Waals surface area contributed by atoms with Crippen LogP contribution >= 0.6 is 39.0 Å². The third-order valence-electron chi connectivity index (χ3n) is 3.85. The first-order valence-electron chi connectivity index (χ1n) is 8.52. The van der Waals surface area contributed by atoms with Gasteiger partial charge in [-0.05, 0) is 48.1 Å². The van der Waals surface area contributed by atoms with Crippen molar-refractivity contribution in [3.8, 4) is 0 Å². The van der Waals surface area contributed by atoms with Gasteiger partial charge >= 0.3 is 0 Å². The lowest BCUT2D eigenvalue weighted by molar-refractivity contribution is -0.113. The Hall–Kier alpha value is -1.64. The molecular formula is C19H20BrN3O2S2. The number of amides is 1. The highest BCUT2D eigenvalue weighted by molar-refractivity contribution is 9.10. The highest BCUT2D eigenvalue weighted by Gasteiger charge is 2.15. The monoisotopic (exact) mass is 465 g/mol. The number of hydrogen-bond acceptors (Lipinski definition) is 5. The number of thiophene rings is 1. The Labute approximate surface area is 174 Å². The number of benzene rings is 1. The predicted molar refractivity (Wildman–Crippen MR) is 117 cm³/mol. The van der Waals surface area contributed by atoms with E-state index in [9.17, 15) is 9.59 Å². The number of fused-ring (bicyclic) bond motifs is 1. The lowest BCUT2D eigenvalue weighted by Crippen LogP contribution is -2.25. The summed E-state index contributed by atoms with van der Waals surface area (Å²) in [4.78, 5) is 29.7. The van der Waals surface area contributed by atoms with Crippen LogP contribution in [0.25, 0.3) is 10.2 Å². The minimum absolute atomic E-state index is 0.0323. The third kappa shape index (κ3) is 4.80. The van der Waals surface area contributed by atoms with Gasteiger partial charge in [0.05, 0.1) is 11.3 Å². The van der Waals surface area contributed by atoms with Crippen LogP contribution in [0.4, 0.5) is 5.69 Å². The van der Waals surface area contributed by atoms with Crippen LogP contribution in [-0.2, 0) is 11.3 Å². The van der Waals surface area contributed by atoms with E-state index >= 15 is 0 Å². The van der Waals surface area contributed by atoms with Gasteiger partial charge in [-0.2, -0.15) is 0 Å². The second-order valence-corrected chi connectivity index (χ2v) is 9.35. The molecule has 0 atom stereocenters. The van der Waals surface area contributed by atoms with E-state index in [1.807, 2.05) is 36.6 Å². The summed E-state index contributed by atoms with van der Waals surface area (Å²) in [6.07, 6.45) is 0. The average Bonchev–Trinajstić information content (AvgIpc) is 3.07. The number of rotatable bonds is 6. The Bertz CT molecular complexity index is 1040. The lowest BCUT2D eigenvalue weighted by Gasteiger charge is -2.14. The van der Waals surface area contributed by atoms with Crippen molar-refractivity contribution in [1.29, 1.82) is 0 Å². The average molecular weight is 466 g/mol. The molecule has 2 aromatic heterocycles. The maximum absolute atomic E-state index is 12.8. The van der Waals surface area contributed by atoms with Gasteiger partial charge in [0, 0.05) is 16.7 Å². The zero-order valence-electron chi connectivity index (χ0n) is 15.3. The van der Waals surface area contributed by atoms with Crippen molar-refractivity contribution in [2.75, 3.05) is 11.1 Å². The van der Waals surface area contributed by atoms with Crippen LogP contribution in [0.3, 0.4) is 0 Å². The summed E-state index contributed by atoms with van der Waals surface area (Å²) >= 11 is 6.15. The van der Waals surface area contributed by atoms with Crippen LogP contribution in [-0.4, -0.2) is 21.2 Å². The number of thioether (sulfide) groups is 1. The summed E-state index contributed by atoms with van der Waals surface area (Å²) in [7, 11) is 0. The molecule has 3 aromatic rings. The van der Waals surface area contributed by atoms with Crippen LogP contribution in [0, 0.1) is 12.8 Å². The Kier molecular flexibility index (Phi) is 6.39. The molecule has 0 radical (unpaired) electrons. The first-order valence-corrected chi connectivity index (χ1v) is 11.2. The fourth-order valence-corrected chi connectivity index (χ4v) is 4.44. The summed E-state index contributed by atoms with van der Waals surface area (Å²) in [5.41, 5.74) is 2.46. The van der Waals surface area contributed by atoms with E-state index in [0.29, 0.717) is 27.8 Å². The SMILES string of the molecule is Cc1cc(NC(=O)CSc2nc3ccsc3c(=O)n2CC(C)C)ccc1Br. The number of aryl methyl sites for hydroxylation is 1. The van der Waals surface area contributed by atoms with Crippen molar-refractivity contribution >= 4 is 60.8 Å². The van der Waals surface area contributed by atoms with E-state index in [1.165, 1.54) is 23.1 Å². The quantitative estimate of drug-likeness (QED) is 0.414. The maximum atomic E-state index is 12.8. The maximum Gasteiger partial charge on any atom is 0.272 e. The van der Waals surface area contributed by atoms with Crippen LogP contribution in [0.15, 0.2) is 44.1 Å². The molecule has 0 aliphatic carbocycles. The van der Waals surface area contributed by atoms with Gasteiger partial charge in [0.25, 0.3) is 5.56 Å². The van der Waals surface area contributed by atoms with Gasteiger partial charge in [0.2, 0.25) is 5.91 Å². The van der Waals surface area contributed by atoms with Gasteiger partial charge in [-0.3, -0.25) is 14.2 Å². The molecule has 1 aromatic carbocycles. The highest BCUT2D eigenvalue weighted by atomic mass is 79.9. The molecule has 27 heavy (non-hydrogen) atoms. The summed E-state index contributed by atoms with van der Waals surface area (Å²) < 4.78 is 3.35. The molecule has 0 spiro atoms. The molecule has 0 aliphatic heterocycles. The second-order valence-electron chi connectivity index (χ2n) is 6.64. The molecular weight excluding hydrogens is 446 g/mol. The van der Waals surface area contributed by atoms with E-state index in [2.05, 4.69) is 40.1 Å². The number of anilines is 1. The van der Waals surface area contributed by atoms with Crippen LogP contribution in [0.1, 0.15) is 19.4 Å². The van der Waals surface area contributed by atoms with Crippen molar-refractivity contribution < 1.29 is 4.79 Å². The van der Waals surface area contributed by atoms with E-state index in [0.717, 1.165) is 15.7 Å². The number of aromatic nitrogens is 2. The summed E-state index contributed by atoms with van der Waals surface area (Å²) in [6, 6.07) is 7.52. The topological polar surface area (TPSA) is 64.0 Å². The summed E-state index contributed by atoms with van der Waals surface area (Å²) in [5, 5.41) is 5.35. The molecule has 0 bridgehead atoms. The molecule has 0 aliphatic rings. The van der Waals surface area contributed by atoms with Crippen molar-refractivity contribution in [3.05, 3.63) is 50.0 Å². The molecule has 2 heterocycles. The van der Waals surface area contributed by atoms with Gasteiger partial charge in [-0.15, -0.1) is 11.3 Å². The largest absolute Gasteiger partial charge is 0.325 e. The number of carbonyl (C=O) groups excluding carboxylic acids is 1. The van der Waals surface area contributed by atoms with Crippen molar-refractivity contribution in [3.63, 3.8) is 0 Å². The molecule has 142 valence electrons. The van der Waals surface area contributed by atoms with Gasteiger partial charge in [-0.1, -0.05) is 41.5 Å². The molecule has 0 saturated carbocycles. The van der Waals surface area contributed by atoms with Gasteiger partial charge in [0.1, 0.15) is 4.70 Å². The van der Waals surface area contributed by atoms with E-state index in [1.54, 1.807) is 4.57 Å². The summed E-state index contributed by atoms with van der Waals surface area (Å²) in [5.74, 6) is 0.369. The number of hydrogen-bond donors (Lipinski definition) is 1. The number of nitrogens with zero attached hydrogens (tertiary/aromatic N) is 2. The third-order valence-corrected chi connectivity index (χ3v) is 6.61. The lowest BCUT2D eigenvalue weighted by atomic mass is 10.2. The van der Waals surface area contributed by atoms with E-state index in [4.69, 9.17) is 0 Å². The zero-order chi connectivity index (χ0) is 19.6. The molecule has 8 heteroatoms.